The van der Waals surface area contributed by atoms with Crippen molar-refractivity contribution in [2.45, 2.75) is 33.7 Å². The van der Waals surface area contributed by atoms with Crippen LogP contribution in [0.3, 0.4) is 0 Å². The second-order valence-corrected chi connectivity index (χ2v) is 5.90. The van der Waals surface area contributed by atoms with Gasteiger partial charge in [-0.25, -0.2) is 9.97 Å². The van der Waals surface area contributed by atoms with Gasteiger partial charge in [0.25, 0.3) is 0 Å². The van der Waals surface area contributed by atoms with E-state index in [9.17, 15) is 0 Å². The number of hydrogen-bond acceptors (Lipinski definition) is 3. The molecule has 1 aromatic carbocycles. The van der Waals surface area contributed by atoms with Gasteiger partial charge in [0.2, 0.25) is 0 Å². The van der Waals surface area contributed by atoms with Gasteiger partial charge >= 0.3 is 0 Å². The second-order valence-electron chi connectivity index (χ2n) is 5.03. The second kappa shape index (κ2) is 7.21. The van der Waals surface area contributed by atoms with E-state index in [1.165, 1.54) is 0 Å². The van der Waals surface area contributed by atoms with Gasteiger partial charge in [-0.15, -0.1) is 0 Å². The molecule has 0 atom stereocenters. The van der Waals surface area contributed by atoms with Crippen molar-refractivity contribution in [1.82, 2.24) is 15.3 Å². The predicted molar refractivity (Wildman–Crippen MR) is 89.0 cm³/mol. The van der Waals surface area contributed by atoms with Crippen LogP contribution in [-0.2, 0) is 6.54 Å². The molecule has 0 saturated carbocycles. The lowest BCUT2D eigenvalue weighted by Gasteiger charge is -2.12. The molecule has 1 heterocycles. The fourth-order valence-electron chi connectivity index (χ4n) is 2.20. The number of hydrogen-bond donors (Lipinski definition) is 1. The third-order valence-corrected chi connectivity index (χ3v) is 3.71. The molecular formula is C16H19Cl2N3. The maximum atomic E-state index is 6.05. The molecule has 0 fully saturated rings. The quantitative estimate of drug-likeness (QED) is 0.819. The summed E-state index contributed by atoms with van der Waals surface area (Å²) in [6.07, 6.45) is 1.11. The summed E-state index contributed by atoms with van der Waals surface area (Å²) in [6, 6.07) is 5.36. The Morgan fingerprint density at radius 2 is 1.57 bits per heavy atom. The number of rotatable bonds is 5. The van der Waals surface area contributed by atoms with E-state index in [1.54, 1.807) is 6.07 Å². The van der Waals surface area contributed by atoms with Crippen molar-refractivity contribution in [3.05, 3.63) is 45.2 Å². The smallest absolute Gasteiger partial charge is 0.159 e. The normalized spacial score (nSPS) is 10.9. The Bertz CT molecular complexity index is 598. The summed E-state index contributed by atoms with van der Waals surface area (Å²) in [5, 5.41) is 4.56. The van der Waals surface area contributed by atoms with Gasteiger partial charge in [0.05, 0.1) is 0 Å². The summed E-state index contributed by atoms with van der Waals surface area (Å²) in [7, 11) is 0. The van der Waals surface area contributed by atoms with Crippen LogP contribution in [0.25, 0.3) is 11.4 Å². The van der Waals surface area contributed by atoms with Crippen molar-refractivity contribution >= 4 is 23.2 Å². The molecule has 0 bridgehead atoms. The third-order valence-electron chi connectivity index (χ3n) is 3.27. The molecule has 112 valence electrons. The SMILES string of the molecule is CCCNCc1c(C)nc(-c2cc(Cl)cc(Cl)c2)nc1C. The Hall–Kier alpha value is -1.16. The van der Waals surface area contributed by atoms with Gasteiger partial charge in [-0.3, -0.25) is 0 Å². The van der Waals surface area contributed by atoms with Crippen LogP contribution < -0.4 is 5.32 Å². The fourth-order valence-corrected chi connectivity index (χ4v) is 2.72. The van der Waals surface area contributed by atoms with E-state index >= 15 is 0 Å². The largest absolute Gasteiger partial charge is 0.313 e. The number of aromatic nitrogens is 2. The summed E-state index contributed by atoms with van der Waals surface area (Å²) in [5.74, 6) is 0.661. The molecule has 0 amide bonds. The van der Waals surface area contributed by atoms with Crippen molar-refractivity contribution in [2.75, 3.05) is 6.54 Å². The van der Waals surface area contributed by atoms with Crippen LogP contribution in [0.15, 0.2) is 18.2 Å². The Labute approximate surface area is 135 Å². The minimum atomic E-state index is 0.588. The highest BCUT2D eigenvalue weighted by molar-refractivity contribution is 6.35. The van der Waals surface area contributed by atoms with Gasteiger partial charge in [-0.1, -0.05) is 30.1 Å². The average Bonchev–Trinajstić information content (AvgIpc) is 2.40. The molecule has 0 aliphatic heterocycles. The summed E-state index contributed by atoms with van der Waals surface area (Å²) >= 11 is 12.1. The number of nitrogens with zero attached hydrogens (tertiary/aromatic N) is 2. The van der Waals surface area contributed by atoms with Crippen LogP contribution in [0.1, 0.15) is 30.3 Å². The zero-order valence-electron chi connectivity index (χ0n) is 12.5. The molecule has 5 heteroatoms. The molecule has 0 unspecified atom stereocenters. The topological polar surface area (TPSA) is 37.8 Å². The maximum absolute atomic E-state index is 6.05. The first kappa shape index (κ1) is 16.2. The van der Waals surface area contributed by atoms with Gasteiger partial charge in [0.1, 0.15) is 0 Å². The molecule has 21 heavy (non-hydrogen) atoms. The molecule has 0 radical (unpaired) electrons. The van der Waals surface area contributed by atoms with Gasteiger partial charge in [-0.05, 0) is 45.0 Å². The van der Waals surface area contributed by atoms with Crippen LogP contribution >= 0.6 is 23.2 Å². The van der Waals surface area contributed by atoms with E-state index in [2.05, 4.69) is 22.2 Å². The Balaban J connectivity index is 2.34. The monoisotopic (exact) mass is 323 g/mol. The zero-order valence-corrected chi connectivity index (χ0v) is 14.0. The van der Waals surface area contributed by atoms with Crippen molar-refractivity contribution in [1.29, 1.82) is 0 Å². The lowest BCUT2D eigenvalue weighted by Crippen LogP contribution is -2.17. The lowest BCUT2D eigenvalue weighted by atomic mass is 10.1. The van der Waals surface area contributed by atoms with E-state index in [1.807, 2.05) is 26.0 Å². The molecule has 0 saturated heterocycles. The summed E-state index contributed by atoms with van der Waals surface area (Å²) < 4.78 is 0. The molecule has 0 spiro atoms. The van der Waals surface area contributed by atoms with Crippen LogP contribution in [-0.4, -0.2) is 16.5 Å². The highest BCUT2D eigenvalue weighted by Crippen LogP contribution is 2.26. The van der Waals surface area contributed by atoms with Crippen molar-refractivity contribution < 1.29 is 0 Å². The van der Waals surface area contributed by atoms with Crippen molar-refractivity contribution in [3.8, 4) is 11.4 Å². The first-order valence-electron chi connectivity index (χ1n) is 7.02. The molecule has 3 nitrogen and oxygen atoms in total. The highest BCUT2D eigenvalue weighted by Gasteiger charge is 2.11. The van der Waals surface area contributed by atoms with E-state index in [0.717, 1.165) is 42.0 Å². The molecule has 0 aliphatic rings. The molecule has 0 aliphatic carbocycles. The van der Waals surface area contributed by atoms with E-state index in [4.69, 9.17) is 23.2 Å². The standard InChI is InChI=1S/C16H19Cl2N3/c1-4-5-19-9-15-10(2)20-16(21-11(15)3)12-6-13(17)8-14(18)7-12/h6-8,19H,4-5,9H2,1-3H3. The minimum Gasteiger partial charge on any atom is -0.313 e. The zero-order chi connectivity index (χ0) is 15.4. The summed E-state index contributed by atoms with van der Waals surface area (Å²) in [4.78, 5) is 9.19. The average molecular weight is 324 g/mol. The van der Waals surface area contributed by atoms with E-state index in [-0.39, 0.29) is 0 Å². The van der Waals surface area contributed by atoms with Crippen LogP contribution in [0, 0.1) is 13.8 Å². The molecule has 1 aromatic heterocycles. The lowest BCUT2D eigenvalue weighted by molar-refractivity contribution is 0.665. The third kappa shape index (κ3) is 4.16. The summed E-state index contributed by atoms with van der Waals surface area (Å²) in [6.45, 7) is 7.95. The minimum absolute atomic E-state index is 0.588. The summed E-state index contributed by atoms with van der Waals surface area (Å²) in [5.41, 5.74) is 3.96. The Morgan fingerprint density at radius 3 is 2.10 bits per heavy atom. The fraction of sp³-hybridized carbons (Fsp3) is 0.375. The van der Waals surface area contributed by atoms with Crippen LogP contribution in [0.4, 0.5) is 0 Å². The van der Waals surface area contributed by atoms with Gasteiger partial charge < -0.3 is 5.32 Å². The van der Waals surface area contributed by atoms with Gasteiger partial charge in [0.15, 0.2) is 5.82 Å². The first-order chi connectivity index (χ1) is 10.0. The van der Waals surface area contributed by atoms with Crippen molar-refractivity contribution in [2.24, 2.45) is 0 Å². The molecule has 2 rings (SSSR count). The maximum Gasteiger partial charge on any atom is 0.159 e. The molecular weight excluding hydrogens is 305 g/mol. The van der Waals surface area contributed by atoms with Crippen LogP contribution in [0.5, 0.6) is 0 Å². The van der Waals surface area contributed by atoms with E-state index < -0.39 is 0 Å². The molecule has 2 aromatic rings. The van der Waals surface area contributed by atoms with Crippen LogP contribution in [0.2, 0.25) is 10.0 Å². The van der Waals surface area contributed by atoms with E-state index in [0.29, 0.717) is 15.9 Å². The number of halogens is 2. The first-order valence-corrected chi connectivity index (χ1v) is 7.78. The number of aryl methyl sites for hydroxylation is 2. The number of nitrogens with one attached hydrogen (secondary N) is 1. The van der Waals surface area contributed by atoms with Gasteiger partial charge in [0, 0.05) is 39.1 Å². The number of benzene rings is 1. The highest BCUT2D eigenvalue weighted by atomic mass is 35.5. The van der Waals surface area contributed by atoms with Gasteiger partial charge in [-0.2, -0.15) is 0 Å². The Morgan fingerprint density at radius 1 is 1.00 bits per heavy atom. The van der Waals surface area contributed by atoms with Crippen molar-refractivity contribution in [3.63, 3.8) is 0 Å². The molecule has 1 N–H and O–H groups in total. The predicted octanol–water partition coefficient (Wildman–Crippen LogP) is 4.57. The Kier molecular flexibility index (Phi) is 5.57.